The zero-order valence-electron chi connectivity index (χ0n) is 13.3. The van der Waals surface area contributed by atoms with E-state index in [0.717, 1.165) is 5.57 Å². The number of benzene rings is 1. The summed E-state index contributed by atoms with van der Waals surface area (Å²) in [5, 5.41) is 2.83. The summed E-state index contributed by atoms with van der Waals surface area (Å²) in [7, 11) is 0. The van der Waals surface area contributed by atoms with E-state index in [9.17, 15) is 4.79 Å². The first-order chi connectivity index (χ1) is 11.1. The molecule has 0 radical (unpaired) electrons. The third-order valence-electron chi connectivity index (χ3n) is 2.87. The van der Waals surface area contributed by atoms with Gasteiger partial charge in [0, 0.05) is 29.6 Å². The zero-order valence-corrected chi connectivity index (χ0v) is 13.3. The fourth-order valence-corrected chi connectivity index (χ4v) is 1.85. The molecule has 1 aromatic carbocycles. The predicted octanol–water partition coefficient (Wildman–Crippen LogP) is 3.69. The number of ether oxygens (including phenoxy) is 2. The van der Waals surface area contributed by atoms with Crippen LogP contribution in [0.1, 0.15) is 24.2 Å². The number of rotatable bonds is 7. The molecule has 5 heteroatoms. The summed E-state index contributed by atoms with van der Waals surface area (Å²) in [4.78, 5) is 16.3. The molecule has 2 rings (SSSR count). The monoisotopic (exact) mass is 312 g/mol. The molecule has 2 aromatic rings. The molecule has 0 saturated heterocycles. The molecule has 0 bridgehead atoms. The molecular formula is C18H20N2O3. The Hall–Kier alpha value is -2.82. The fourth-order valence-electron chi connectivity index (χ4n) is 1.85. The van der Waals surface area contributed by atoms with Gasteiger partial charge in [0.15, 0.2) is 0 Å². The third kappa shape index (κ3) is 5.14. The number of carbonyl (C=O) groups excluding carboxylic acids is 1. The van der Waals surface area contributed by atoms with E-state index in [1.165, 1.54) is 0 Å². The van der Waals surface area contributed by atoms with Crippen LogP contribution in [0.3, 0.4) is 0 Å². The molecule has 1 amide bonds. The Bertz CT molecular complexity index is 698. The quantitative estimate of drug-likeness (QED) is 0.792. The molecule has 0 spiro atoms. The highest BCUT2D eigenvalue weighted by molar-refractivity contribution is 6.04. The van der Waals surface area contributed by atoms with E-state index in [-0.39, 0.29) is 5.91 Å². The second kappa shape index (κ2) is 7.98. The Morgan fingerprint density at radius 1 is 1.26 bits per heavy atom. The fraction of sp³-hybridized carbons (Fsp3) is 0.222. The van der Waals surface area contributed by atoms with Crippen LogP contribution in [0.15, 0.2) is 54.7 Å². The van der Waals surface area contributed by atoms with Crippen LogP contribution in [0.2, 0.25) is 0 Å². The number of amides is 1. The highest BCUT2D eigenvalue weighted by Gasteiger charge is 2.08. The van der Waals surface area contributed by atoms with Crippen molar-refractivity contribution in [1.82, 2.24) is 4.98 Å². The second-order valence-corrected chi connectivity index (χ2v) is 5.04. The molecule has 5 nitrogen and oxygen atoms in total. The van der Waals surface area contributed by atoms with Gasteiger partial charge < -0.3 is 14.8 Å². The van der Waals surface area contributed by atoms with Crippen LogP contribution in [0.5, 0.6) is 11.6 Å². The standard InChI is InChI=1S/C18H20N2O3/c1-4-22-17-10-14(8-9-19-17)18(21)20-15-6-5-7-16(11-15)23-12-13(2)3/h5-11H,2,4,12H2,1,3H3,(H,20,21). The van der Waals surface area contributed by atoms with Crippen molar-refractivity contribution in [3.05, 3.63) is 60.3 Å². The van der Waals surface area contributed by atoms with E-state index < -0.39 is 0 Å². The minimum absolute atomic E-state index is 0.231. The van der Waals surface area contributed by atoms with Gasteiger partial charge in [-0.05, 0) is 37.6 Å². The topological polar surface area (TPSA) is 60.5 Å². The maximum atomic E-state index is 12.3. The van der Waals surface area contributed by atoms with Crippen LogP contribution >= 0.6 is 0 Å². The van der Waals surface area contributed by atoms with Gasteiger partial charge >= 0.3 is 0 Å². The molecule has 0 unspecified atom stereocenters. The van der Waals surface area contributed by atoms with Crippen LogP contribution < -0.4 is 14.8 Å². The van der Waals surface area contributed by atoms with E-state index in [1.807, 2.05) is 26.0 Å². The lowest BCUT2D eigenvalue weighted by atomic mass is 10.2. The maximum absolute atomic E-state index is 12.3. The van der Waals surface area contributed by atoms with E-state index in [4.69, 9.17) is 9.47 Å². The van der Waals surface area contributed by atoms with Gasteiger partial charge in [-0.2, -0.15) is 0 Å². The normalized spacial score (nSPS) is 10.0. The lowest BCUT2D eigenvalue weighted by Gasteiger charge is -2.09. The van der Waals surface area contributed by atoms with Crippen molar-refractivity contribution in [3.63, 3.8) is 0 Å². The Balaban J connectivity index is 2.06. The van der Waals surface area contributed by atoms with Crippen LogP contribution in [0, 0.1) is 0 Å². The summed E-state index contributed by atoms with van der Waals surface area (Å²) in [5.41, 5.74) is 2.07. The van der Waals surface area contributed by atoms with Crippen LogP contribution in [0.4, 0.5) is 5.69 Å². The van der Waals surface area contributed by atoms with E-state index >= 15 is 0 Å². The van der Waals surface area contributed by atoms with Crippen molar-refractivity contribution >= 4 is 11.6 Å². The van der Waals surface area contributed by atoms with Crippen LogP contribution in [-0.4, -0.2) is 24.1 Å². The summed E-state index contributed by atoms with van der Waals surface area (Å²) < 4.78 is 10.9. The zero-order chi connectivity index (χ0) is 16.7. The van der Waals surface area contributed by atoms with Crippen molar-refractivity contribution in [3.8, 4) is 11.6 Å². The summed E-state index contributed by atoms with van der Waals surface area (Å²) in [6.45, 7) is 8.50. The number of anilines is 1. The van der Waals surface area contributed by atoms with E-state index in [2.05, 4.69) is 16.9 Å². The lowest BCUT2D eigenvalue weighted by molar-refractivity contribution is 0.102. The van der Waals surface area contributed by atoms with Crippen molar-refractivity contribution in [2.24, 2.45) is 0 Å². The molecule has 0 aliphatic heterocycles. The Labute approximate surface area is 136 Å². The highest BCUT2D eigenvalue weighted by atomic mass is 16.5. The van der Waals surface area contributed by atoms with Gasteiger partial charge in [-0.1, -0.05) is 12.6 Å². The van der Waals surface area contributed by atoms with Crippen molar-refractivity contribution in [2.75, 3.05) is 18.5 Å². The van der Waals surface area contributed by atoms with Gasteiger partial charge in [0.2, 0.25) is 5.88 Å². The average molecular weight is 312 g/mol. The van der Waals surface area contributed by atoms with Gasteiger partial charge in [-0.3, -0.25) is 4.79 Å². The first kappa shape index (κ1) is 16.5. The van der Waals surface area contributed by atoms with Gasteiger partial charge in [0.1, 0.15) is 12.4 Å². The SMILES string of the molecule is C=C(C)COc1cccc(NC(=O)c2ccnc(OCC)c2)c1. The molecular weight excluding hydrogens is 292 g/mol. The smallest absolute Gasteiger partial charge is 0.255 e. The summed E-state index contributed by atoms with van der Waals surface area (Å²) in [5.74, 6) is 0.875. The van der Waals surface area contributed by atoms with Crippen molar-refractivity contribution < 1.29 is 14.3 Å². The Morgan fingerprint density at radius 3 is 2.83 bits per heavy atom. The Morgan fingerprint density at radius 2 is 2.09 bits per heavy atom. The highest BCUT2D eigenvalue weighted by Crippen LogP contribution is 2.19. The number of hydrogen-bond acceptors (Lipinski definition) is 4. The predicted molar refractivity (Wildman–Crippen MR) is 90.1 cm³/mol. The number of hydrogen-bond donors (Lipinski definition) is 1. The second-order valence-electron chi connectivity index (χ2n) is 5.04. The average Bonchev–Trinajstić information content (AvgIpc) is 2.54. The van der Waals surface area contributed by atoms with Crippen molar-refractivity contribution in [2.45, 2.75) is 13.8 Å². The largest absolute Gasteiger partial charge is 0.489 e. The lowest BCUT2D eigenvalue weighted by Crippen LogP contribution is -2.12. The minimum atomic E-state index is -0.231. The van der Waals surface area contributed by atoms with Crippen LogP contribution in [-0.2, 0) is 0 Å². The number of pyridine rings is 1. The molecule has 1 aromatic heterocycles. The van der Waals surface area contributed by atoms with Gasteiger partial charge in [-0.25, -0.2) is 4.98 Å². The maximum Gasteiger partial charge on any atom is 0.255 e. The number of aromatic nitrogens is 1. The number of nitrogens with zero attached hydrogens (tertiary/aromatic N) is 1. The molecule has 0 fully saturated rings. The van der Waals surface area contributed by atoms with E-state index in [0.29, 0.717) is 36.1 Å². The molecule has 120 valence electrons. The molecule has 23 heavy (non-hydrogen) atoms. The third-order valence-corrected chi connectivity index (χ3v) is 2.87. The first-order valence-electron chi connectivity index (χ1n) is 7.36. The number of carbonyl (C=O) groups is 1. The van der Waals surface area contributed by atoms with Gasteiger partial charge in [0.25, 0.3) is 5.91 Å². The van der Waals surface area contributed by atoms with E-state index in [1.54, 1.807) is 30.5 Å². The van der Waals surface area contributed by atoms with Gasteiger partial charge in [0.05, 0.1) is 6.61 Å². The Kier molecular flexibility index (Phi) is 5.74. The van der Waals surface area contributed by atoms with Crippen molar-refractivity contribution in [1.29, 1.82) is 0 Å². The minimum Gasteiger partial charge on any atom is -0.489 e. The first-order valence-corrected chi connectivity index (χ1v) is 7.36. The number of nitrogens with one attached hydrogen (secondary N) is 1. The molecule has 0 saturated carbocycles. The summed E-state index contributed by atoms with van der Waals surface area (Å²) in [6, 6.07) is 10.5. The van der Waals surface area contributed by atoms with Crippen LogP contribution in [0.25, 0.3) is 0 Å². The summed E-state index contributed by atoms with van der Waals surface area (Å²) >= 11 is 0. The molecule has 0 aliphatic rings. The summed E-state index contributed by atoms with van der Waals surface area (Å²) in [6.07, 6.45) is 1.55. The molecule has 0 atom stereocenters. The molecule has 1 N–H and O–H groups in total. The van der Waals surface area contributed by atoms with Gasteiger partial charge in [-0.15, -0.1) is 0 Å². The molecule has 1 heterocycles. The molecule has 0 aliphatic carbocycles.